The summed E-state index contributed by atoms with van der Waals surface area (Å²) in [6, 6.07) is 9.87. The number of aliphatic imine (C=N–C) groups is 1. The maximum atomic E-state index is 12.9. The first-order chi connectivity index (χ1) is 12.1. The number of likely N-dealkylation sites (N-methyl/N-ethyl adjacent to an activating group) is 1. The summed E-state index contributed by atoms with van der Waals surface area (Å²) >= 11 is 1.66. The Kier molecular flexibility index (Phi) is 3.86. The van der Waals surface area contributed by atoms with E-state index in [1.165, 1.54) is 0 Å². The standard InChI is InChI=1S/C20H17N3OS/c1-23(20(24)15-5-4-13-8-9-22-17(13)11-15)18-12-14(6-7-16(18)21)19-3-2-10-25-19/h2-3,5-12H,4,21H2,1H3. The zero-order valence-electron chi connectivity index (χ0n) is 13.8. The number of hydrogen-bond donors (Lipinski definition) is 1. The SMILES string of the molecule is CN(C(=O)C1=CCC2=CC=NC2=C1)c1cc(-c2cccs2)ccc1N. The molecule has 2 N–H and O–H groups in total. The summed E-state index contributed by atoms with van der Waals surface area (Å²) in [6.45, 7) is 0. The summed E-state index contributed by atoms with van der Waals surface area (Å²) in [6.07, 6.45) is 8.27. The minimum absolute atomic E-state index is 0.0799. The number of nitrogens with zero attached hydrogens (tertiary/aromatic N) is 2. The fraction of sp³-hybridized carbons (Fsp3) is 0.100. The smallest absolute Gasteiger partial charge is 0.257 e. The van der Waals surface area contributed by atoms with Crippen LogP contribution in [0.1, 0.15) is 6.42 Å². The topological polar surface area (TPSA) is 58.7 Å². The highest BCUT2D eigenvalue weighted by Gasteiger charge is 2.22. The Morgan fingerprint density at radius 1 is 1.32 bits per heavy atom. The number of nitrogen functional groups attached to an aromatic ring is 1. The molecule has 1 aromatic carbocycles. The molecule has 0 saturated carbocycles. The van der Waals surface area contributed by atoms with Crippen LogP contribution in [-0.4, -0.2) is 19.2 Å². The third kappa shape index (κ3) is 2.83. The molecule has 124 valence electrons. The zero-order chi connectivity index (χ0) is 17.4. The van der Waals surface area contributed by atoms with Crippen LogP contribution in [0.4, 0.5) is 11.4 Å². The second-order valence-corrected chi connectivity index (χ2v) is 6.93. The average Bonchev–Trinajstić information content (AvgIpc) is 3.31. The molecule has 0 saturated heterocycles. The van der Waals surface area contributed by atoms with Gasteiger partial charge < -0.3 is 10.6 Å². The summed E-state index contributed by atoms with van der Waals surface area (Å²) in [4.78, 5) is 20.0. The van der Waals surface area contributed by atoms with Gasteiger partial charge in [0, 0.05) is 23.7 Å². The summed E-state index contributed by atoms with van der Waals surface area (Å²) < 4.78 is 0. The van der Waals surface area contributed by atoms with Crippen molar-refractivity contribution >= 4 is 34.8 Å². The van der Waals surface area contributed by atoms with Gasteiger partial charge in [-0.25, -0.2) is 0 Å². The fourth-order valence-electron chi connectivity index (χ4n) is 2.99. The predicted molar refractivity (Wildman–Crippen MR) is 105 cm³/mol. The minimum atomic E-state index is -0.0799. The molecule has 5 heteroatoms. The van der Waals surface area contributed by atoms with Crippen molar-refractivity contribution in [2.75, 3.05) is 17.7 Å². The van der Waals surface area contributed by atoms with Gasteiger partial charge in [0.1, 0.15) is 0 Å². The Balaban J connectivity index is 1.65. The van der Waals surface area contributed by atoms with E-state index < -0.39 is 0 Å². The van der Waals surface area contributed by atoms with Crippen LogP contribution in [0.2, 0.25) is 0 Å². The maximum absolute atomic E-state index is 12.9. The Hall–Kier alpha value is -2.92. The van der Waals surface area contributed by atoms with Gasteiger partial charge in [-0.3, -0.25) is 9.79 Å². The third-order valence-electron chi connectivity index (χ3n) is 4.40. The van der Waals surface area contributed by atoms with Gasteiger partial charge in [0.25, 0.3) is 5.91 Å². The van der Waals surface area contributed by atoms with Crippen LogP contribution in [0.25, 0.3) is 10.4 Å². The summed E-state index contributed by atoms with van der Waals surface area (Å²) in [5, 5.41) is 2.03. The van der Waals surface area contributed by atoms with Gasteiger partial charge in [-0.1, -0.05) is 18.2 Å². The fourth-order valence-corrected chi connectivity index (χ4v) is 3.71. The first-order valence-corrected chi connectivity index (χ1v) is 8.88. The molecule has 0 spiro atoms. The van der Waals surface area contributed by atoms with E-state index in [0.29, 0.717) is 16.9 Å². The Morgan fingerprint density at radius 3 is 3.00 bits per heavy atom. The molecule has 0 fully saturated rings. The van der Waals surface area contributed by atoms with Crippen molar-refractivity contribution in [1.29, 1.82) is 0 Å². The van der Waals surface area contributed by atoms with Crippen molar-refractivity contribution in [3.63, 3.8) is 0 Å². The molecule has 2 aromatic rings. The van der Waals surface area contributed by atoms with E-state index in [1.807, 2.05) is 47.9 Å². The second kappa shape index (κ2) is 6.18. The van der Waals surface area contributed by atoms with Gasteiger partial charge in [0.05, 0.1) is 17.1 Å². The molecule has 1 aliphatic heterocycles. The van der Waals surface area contributed by atoms with E-state index >= 15 is 0 Å². The van der Waals surface area contributed by atoms with Crippen molar-refractivity contribution < 1.29 is 4.79 Å². The maximum Gasteiger partial charge on any atom is 0.257 e. The quantitative estimate of drug-likeness (QED) is 0.847. The lowest BCUT2D eigenvalue weighted by Gasteiger charge is -2.22. The highest BCUT2D eigenvalue weighted by Crippen LogP contribution is 2.33. The average molecular weight is 347 g/mol. The van der Waals surface area contributed by atoms with Gasteiger partial charge in [0.2, 0.25) is 0 Å². The number of benzene rings is 1. The van der Waals surface area contributed by atoms with Crippen LogP contribution < -0.4 is 10.6 Å². The molecule has 0 bridgehead atoms. The molecule has 1 amide bonds. The molecule has 0 atom stereocenters. The van der Waals surface area contributed by atoms with E-state index in [1.54, 1.807) is 29.5 Å². The van der Waals surface area contributed by atoms with E-state index in [-0.39, 0.29) is 5.91 Å². The van der Waals surface area contributed by atoms with Crippen molar-refractivity contribution in [3.05, 3.63) is 70.8 Å². The van der Waals surface area contributed by atoms with Crippen molar-refractivity contribution in [2.24, 2.45) is 4.99 Å². The number of hydrogen-bond acceptors (Lipinski definition) is 4. The van der Waals surface area contributed by atoms with Gasteiger partial charge in [-0.05, 0) is 53.3 Å². The van der Waals surface area contributed by atoms with Gasteiger partial charge in [-0.15, -0.1) is 11.3 Å². The molecule has 4 rings (SSSR count). The van der Waals surface area contributed by atoms with Gasteiger partial charge in [-0.2, -0.15) is 0 Å². The first-order valence-electron chi connectivity index (χ1n) is 8.00. The van der Waals surface area contributed by atoms with Crippen LogP contribution in [0.5, 0.6) is 0 Å². The lowest BCUT2D eigenvalue weighted by Crippen LogP contribution is -2.28. The molecule has 0 radical (unpaired) electrons. The van der Waals surface area contributed by atoms with Crippen molar-refractivity contribution in [2.45, 2.75) is 6.42 Å². The number of carbonyl (C=O) groups excluding carboxylic acids is 1. The number of thiophene rings is 1. The van der Waals surface area contributed by atoms with E-state index in [2.05, 4.69) is 11.1 Å². The molecule has 1 aliphatic carbocycles. The number of amides is 1. The predicted octanol–water partition coefficient (Wildman–Crippen LogP) is 4.18. The largest absolute Gasteiger partial charge is 0.397 e. The van der Waals surface area contributed by atoms with E-state index in [9.17, 15) is 4.79 Å². The molecule has 25 heavy (non-hydrogen) atoms. The van der Waals surface area contributed by atoms with Crippen LogP contribution in [0.3, 0.4) is 0 Å². The van der Waals surface area contributed by atoms with Crippen LogP contribution in [0.15, 0.2) is 75.8 Å². The Labute approximate surface area is 150 Å². The Bertz CT molecular complexity index is 965. The molecule has 0 unspecified atom stereocenters. The zero-order valence-corrected chi connectivity index (χ0v) is 14.6. The minimum Gasteiger partial charge on any atom is -0.397 e. The Morgan fingerprint density at radius 2 is 2.20 bits per heavy atom. The second-order valence-electron chi connectivity index (χ2n) is 5.98. The highest BCUT2D eigenvalue weighted by atomic mass is 32.1. The number of anilines is 2. The number of fused-ring (bicyclic) bond motifs is 1. The monoisotopic (exact) mass is 347 g/mol. The lowest BCUT2D eigenvalue weighted by molar-refractivity contribution is -0.114. The van der Waals surface area contributed by atoms with Crippen LogP contribution >= 0.6 is 11.3 Å². The normalized spacial score (nSPS) is 15.3. The number of carbonyl (C=O) groups is 1. The van der Waals surface area contributed by atoms with E-state index in [4.69, 9.17) is 5.73 Å². The molecule has 2 heterocycles. The molecule has 2 aliphatic rings. The number of nitrogens with two attached hydrogens (primary N) is 1. The van der Waals surface area contributed by atoms with E-state index in [0.717, 1.165) is 28.1 Å². The van der Waals surface area contributed by atoms with Crippen molar-refractivity contribution in [3.8, 4) is 10.4 Å². The summed E-state index contributed by atoms with van der Waals surface area (Å²) in [7, 11) is 1.76. The highest BCUT2D eigenvalue weighted by molar-refractivity contribution is 7.13. The third-order valence-corrected chi connectivity index (χ3v) is 5.32. The van der Waals surface area contributed by atoms with Gasteiger partial charge in [0.15, 0.2) is 0 Å². The van der Waals surface area contributed by atoms with Crippen molar-refractivity contribution in [1.82, 2.24) is 0 Å². The number of allylic oxidation sites excluding steroid dienone is 3. The van der Waals surface area contributed by atoms with Gasteiger partial charge >= 0.3 is 0 Å². The summed E-state index contributed by atoms with van der Waals surface area (Å²) in [5.74, 6) is -0.0799. The number of rotatable bonds is 3. The summed E-state index contributed by atoms with van der Waals surface area (Å²) in [5.41, 5.74) is 11.2. The lowest BCUT2D eigenvalue weighted by atomic mass is 9.99. The molecule has 1 aromatic heterocycles. The molecule has 4 nitrogen and oxygen atoms in total. The van der Waals surface area contributed by atoms with Crippen LogP contribution in [-0.2, 0) is 4.79 Å². The molecular formula is C20H17N3OS. The van der Waals surface area contributed by atoms with Crippen LogP contribution in [0, 0.1) is 0 Å². The first kappa shape index (κ1) is 15.6. The molecular weight excluding hydrogens is 330 g/mol.